The van der Waals surface area contributed by atoms with Crippen molar-refractivity contribution >= 4 is 34.9 Å². The van der Waals surface area contributed by atoms with E-state index >= 15 is 0 Å². The van der Waals surface area contributed by atoms with Crippen LogP contribution < -0.4 is 5.46 Å². The fourth-order valence-corrected chi connectivity index (χ4v) is 2.99. The molecule has 18 heavy (non-hydrogen) atoms. The van der Waals surface area contributed by atoms with Crippen LogP contribution in [0.4, 0.5) is 0 Å². The maximum absolute atomic E-state index is 2.32. The Bertz CT molecular complexity index is 770. The minimum atomic E-state index is 1.34. The van der Waals surface area contributed by atoms with Crippen molar-refractivity contribution in [2.45, 2.75) is 20.8 Å². The van der Waals surface area contributed by atoms with Crippen LogP contribution in [0.25, 0.3) is 21.5 Å². The SMILES string of the molecule is Bc1c2ccccc2cc2cc(C)c(C)c(C)c12. The van der Waals surface area contributed by atoms with Crippen molar-refractivity contribution in [1.82, 2.24) is 0 Å². The fourth-order valence-electron chi connectivity index (χ4n) is 2.99. The van der Waals surface area contributed by atoms with Gasteiger partial charge in [0.2, 0.25) is 0 Å². The molecule has 0 aliphatic heterocycles. The molecule has 3 aromatic rings. The largest absolute Gasteiger partial charge is 0.140 e. The van der Waals surface area contributed by atoms with Gasteiger partial charge in [0, 0.05) is 0 Å². The van der Waals surface area contributed by atoms with Gasteiger partial charge in [0.1, 0.15) is 7.85 Å². The van der Waals surface area contributed by atoms with Crippen LogP contribution in [0.1, 0.15) is 16.7 Å². The quantitative estimate of drug-likeness (QED) is 0.412. The van der Waals surface area contributed by atoms with Crippen LogP contribution in [0.5, 0.6) is 0 Å². The Kier molecular flexibility index (Phi) is 2.44. The standard InChI is InChI=1S/C17H17B/c1-10-8-14-9-13-6-4-5-7-15(13)17(18)16(14)12(3)11(10)2/h4-9H,18H2,1-3H3. The first-order valence-electron chi connectivity index (χ1n) is 6.48. The summed E-state index contributed by atoms with van der Waals surface area (Å²) in [5.74, 6) is 0. The predicted octanol–water partition coefficient (Wildman–Crippen LogP) is 3.18. The molecule has 88 valence electrons. The number of aryl methyl sites for hydroxylation is 2. The van der Waals surface area contributed by atoms with Crippen molar-refractivity contribution in [3.05, 3.63) is 53.1 Å². The summed E-state index contributed by atoms with van der Waals surface area (Å²) in [7, 11) is 2.24. The zero-order valence-electron chi connectivity index (χ0n) is 11.5. The van der Waals surface area contributed by atoms with Crippen molar-refractivity contribution in [3.63, 3.8) is 0 Å². The minimum absolute atomic E-state index is 1.34. The van der Waals surface area contributed by atoms with Crippen molar-refractivity contribution in [3.8, 4) is 0 Å². The molecule has 0 bridgehead atoms. The Morgan fingerprint density at radius 2 is 1.56 bits per heavy atom. The highest BCUT2D eigenvalue weighted by Gasteiger charge is 2.09. The maximum atomic E-state index is 2.32. The summed E-state index contributed by atoms with van der Waals surface area (Å²) in [4.78, 5) is 0. The zero-order chi connectivity index (χ0) is 12.9. The third-order valence-electron chi connectivity index (χ3n) is 4.24. The molecule has 0 radical (unpaired) electrons. The van der Waals surface area contributed by atoms with Crippen LogP contribution in [0.3, 0.4) is 0 Å². The third-order valence-corrected chi connectivity index (χ3v) is 4.24. The summed E-state index contributed by atoms with van der Waals surface area (Å²) in [6, 6.07) is 13.3. The van der Waals surface area contributed by atoms with Crippen molar-refractivity contribution in [2.75, 3.05) is 0 Å². The summed E-state index contributed by atoms with van der Waals surface area (Å²) in [5, 5.41) is 5.50. The van der Waals surface area contributed by atoms with Gasteiger partial charge in [-0.1, -0.05) is 35.8 Å². The van der Waals surface area contributed by atoms with Crippen molar-refractivity contribution in [2.24, 2.45) is 0 Å². The predicted molar refractivity (Wildman–Crippen MR) is 83.8 cm³/mol. The number of hydrogen-bond acceptors (Lipinski definition) is 0. The van der Waals surface area contributed by atoms with Crippen LogP contribution in [0.15, 0.2) is 36.4 Å². The molecule has 0 amide bonds. The van der Waals surface area contributed by atoms with Gasteiger partial charge >= 0.3 is 0 Å². The van der Waals surface area contributed by atoms with Gasteiger partial charge in [0.15, 0.2) is 0 Å². The Balaban J connectivity index is 2.61. The Morgan fingerprint density at radius 3 is 2.33 bits per heavy atom. The molecule has 0 fully saturated rings. The van der Waals surface area contributed by atoms with E-state index in [0.717, 1.165) is 0 Å². The second-order valence-corrected chi connectivity index (χ2v) is 5.26. The van der Waals surface area contributed by atoms with Gasteiger partial charge < -0.3 is 0 Å². The number of fused-ring (bicyclic) bond motifs is 2. The number of rotatable bonds is 0. The topological polar surface area (TPSA) is 0 Å². The van der Waals surface area contributed by atoms with Gasteiger partial charge in [-0.2, -0.15) is 0 Å². The van der Waals surface area contributed by atoms with Crippen molar-refractivity contribution in [1.29, 1.82) is 0 Å². The van der Waals surface area contributed by atoms with E-state index < -0.39 is 0 Å². The average Bonchev–Trinajstić information content (AvgIpc) is 2.36. The second kappa shape index (κ2) is 3.88. The van der Waals surface area contributed by atoms with Gasteiger partial charge in [-0.25, -0.2) is 0 Å². The van der Waals surface area contributed by atoms with E-state index in [2.05, 4.69) is 65.0 Å². The summed E-state index contributed by atoms with van der Waals surface area (Å²) < 4.78 is 0. The van der Waals surface area contributed by atoms with E-state index in [-0.39, 0.29) is 0 Å². The maximum Gasteiger partial charge on any atom is 0.140 e. The molecule has 0 unspecified atom stereocenters. The van der Waals surface area contributed by atoms with E-state index in [4.69, 9.17) is 0 Å². The highest BCUT2D eigenvalue weighted by Crippen LogP contribution is 2.27. The summed E-state index contributed by atoms with van der Waals surface area (Å²) >= 11 is 0. The summed E-state index contributed by atoms with van der Waals surface area (Å²) in [5.41, 5.74) is 5.63. The summed E-state index contributed by atoms with van der Waals surface area (Å²) in [6.07, 6.45) is 0. The van der Waals surface area contributed by atoms with Gasteiger partial charge in [-0.3, -0.25) is 0 Å². The lowest BCUT2D eigenvalue weighted by Gasteiger charge is -2.14. The normalized spacial score (nSPS) is 11.3. The first kappa shape index (κ1) is 11.3. The molecule has 3 aromatic carbocycles. The number of benzene rings is 3. The van der Waals surface area contributed by atoms with Crippen LogP contribution in [0, 0.1) is 20.8 Å². The molecule has 0 saturated heterocycles. The molecule has 0 saturated carbocycles. The van der Waals surface area contributed by atoms with E-state index in [1.807, 2.05) is 0 Å². The van der Waals surface area contributed by atoms with Crippen molar-refractivity contribution < 1.29 is 0 Å². The molecule has 0 aliphatic carbocycles. The highest BCUT2D eigenvalue weighted by atomic mass is 14.1. The van der Waals surface area contributed by atoms with Gasteiger partial charge in [0.25, 0.3) is 0 Å². The lowest BCUT2D eigenvalue weighted by atomic mass is 9.81. The molecule has 0 heterocycles. The van der Waals surface area contributed by atoms with Gasteiger partial charge in [0.05, 0.1) is 0 Å². The average molecular weight is 232 g/mol. The third kappa shape index (κ3) is 1.47. The molecular formula is C17H17B. The smallest absolute Gasteiger partial charge is 0.0733 e. The molecule has 0 atom stereocenters. The van der Waals surface area contributed by atoms with E-state index in [1.165, 1.54) is 43.7 Å². The van der Waals surface area contributed by atoms with Crippen LogP contribution in [-0.2, 0) is 0 Å². The van der Waals surface area contributed by atoms with E-state index in [9.17, 15) is 0 Å². The van der Waals surface area contributed by atoms with Crippen LogP contribution in [0.2, 0.25) is 0 Å². The van der Waals surface area contributed by atoms with Gasteiger partial charge in [-0.15, -0.1) is 0 Å². The van der Waals surface area contributed by atoms with Crippen LogP contribution >= 0.6 is 0 Å². The molecular weight excluding hydrogens is 215 g/mol. The van der Waals surface area contributed by atoms with E-state index in [1.54, 1.807) is 0 Å². The Labute approximate surface area is 109 Å². The lowest BCUT2D eigenvalue weighted by molar-refractivity contribution is 1.30. The molecule has 1 heteroatoms. The Morgan fingerprint density at radius 1 is 0.833 bits per heavy atom. The molecule has 0 spiro atoms. The molecule has 3 rings (SSSR count). The number of hydrogen-bond donors (Lipinski definition) is 0. The van der Waals surface area contributed by atoms with Gasteiger partial charge in [-0.05, 0) is 65.1 Å². The molecule has 0 aromatic heterocycles. The molecule has 0 N–H and O–H groups in total. The first-order chi connectivity index (χ1) is 8.59. The Hall–Kier alpha value is -1.76. The molecule has 0 aliphatic rings. The first-order valence-corrected chi connectivity index (χ1v) is 6.48. The second-order valence-electron chi connectivity index (χ2n) is 5.26. The highest BCUT2D eigenvalue weighted by molar-refractivity contribution is 6.45. The molecule has 0 nitrogen and oxygen atoms in total. The fraction of sp³-hybridized carbons (Fsp3) is 0.176. The zero-order valence-corrected chi connectivity index (χ0v) is 11.5. The lowest BCUT2D eigenvalue weighted by Crippen LogP contribution is -2.08. The minimum Gasteiger partial charge on any atom is -0.0733 e. The van der Waals surface area contributed by atoms with Crippen LogP contribution in [-0.4, -0.2) is 7.85 Å². The summed E-state index contributed by atoms with van der Waals surface area (Å²) in [6.45, 7) is 6.66. The van der Waals surface area contributed by atoms with E-state index in [0.29, 0.717) is 0 Å². The monoisotopic (exact) mass is 232 g/mol.